The van der Waals surface area contributed by atoms with Gasteiger partial charge in [0.1, 0.15) is 23.3 Å². The number of fused-ring (bicyclic) bond motifs is 1. The van der Waals surface area contributed by atoms with Crippen LogP contribution in [-0.4, -0.2) is 35.0 Å². The van der Waals surface area contributed by atoms with E-state index in [9.17, 15) is 9.65 Å². The van der Waals surface area contributed by atoms with Gasteiger partial charge in [0.2, 0.25) is 0 Å². The summed E-state index contributed by atoms with van der Waals surface area (Å²) in [6, 6.07) is 9.47. The highest BCUT2D eigenvalue weighted by atomic mass is 19.1. The molecule has 4 aromatic rings. The van der Waals surface area contributed by atoms with Gasteiger partial charge in [0.05, 0.1) is 18.4 Å². The topological polar surface area (TPSA) is 84.7 Å². The maximum atomic E-state index is 14.9. The van der Waals surface area contributed by atoms with Crippen molar-refractivity contribution in [2.75, 3.05) is 0 Å². The zero-order valence-corrected chi connectivity index (χ0v) is 16.6. The van der Waals surface area contributed by atoms with E-state index >= 15 is 0 Å². The van der Waals surface area contributed by atoms with E-state index in [4.69, 9.17) is 0 Å². The van der Waals surface area contributed by atoms with E-state index in [-0.39, 0.29) is 6.54 Å². The molecule has 0 saturated heterocycles. The molecule has 0 radical (unpaired) electrons. The second kappa shape index (κ2) is 7.02. The molecule has 5 rings (SSSR count). The van der Waals surface area contributed by atoms with Crippen LogP contribution in [0.4, 0.5) is 4.39 Å². The van der Waals surface area contributed by atoms with Crippen molar-refractivity contribution in [3.63, 3.8) is 0 Å². The van der Waals surface area contributed by atoms with Gasteiger partial charge < -0.3 is 0 Å². The smallest absolute Gasteiger partial charge is 0.161 e. The lowest BCUT2D eigenvalue weighted by Gasteiger charge is -2.18. The van der Waals surface area contributed by atoms with Crippen LogP contribution in [0.3, 0.4) is 0 Å². The molecule has 0 N–H and O–H groups in total. The number of aryl methyl sites for hydroxylation is 1. The van der Waals surface area contributed by atoms with Crippen LogP contribution < -0.4 is 0 Å². The van der Waals surface area contributed by atoms with E-state index < -0.39 is 5.67 Å². The quantitative estimate of drug-likeness (QED) is 0.514. The molecule has 8 heteroatoms. The molecule has 150 valence electrons. The van der Waals surface area contributed by atoms with Crippen LogP contribution in [-0.2, 0) is 6.54 Å². The predicted molar refractivity (Wildman–Crippen MR) is 109 cm³/mol. The maximum absolute atomic E-state index is 14.9. The Bertz CT molecular complexity index is 1270. The standard InChI is InChI=1S/C22H20FN7/c1-15-27-28-20-10-16(6-9-30(15)20)21-19(5-4-18(11-24)26-21)17-12-25-29(13-17)14-22(23)7-2-3-8-22/h4-6,9-10,12-13H,2-3,7-8,14H2,1H3. The molecule has 0 amide bonds. The molecule has 4 heterocycles. The van der Waals surface area contributed by atoms with E-state index in [2.05, 4.69) is 26.3 Å². The molecule has 0 atom stereocenters. The first-order chi connectivity index (χ1) is 14.5. The molecule has 0 unspecified atom stereocenters. The van der Waals surface area contributed by atoms with Gasteiger partial charge in [-0.05, 0) is 44.0 Å². The normalized spacial score (nSPS) is 15.5. The minimum atomic E-state index is -1.17. The van der Waals surface area contributed by atoms with Gasteiger partial charge in [0, 0.05) is 29.1 Å². The predicted octanol–water partition coefficient (Wildman–Crippen LogP) is 4.12. The highest BCUT2D eigenvalue weighted by Crippen LogP contribution is 2.36. The second-order valence-electron chi connectivity index (χ2n) is 7.88. The third-order valence-electron chi connectivity index (χ3n) is 5.75. The second-order valence-corrected chi connectivity index (χ2v) is 7.88. The Morgan fingerprint density at radius 1 is 1.17 bits per heavy atom. The summed E-state index contributed by atoms with van der Waals surface area (Å²) in [5, 5.41) is 22.0. The van der Waals surface area contributed by atoms with Crippen molar-refractivity contribution in [3.05, 3.63) is 54.4 Å². The largest absolute Gasteiger partial charge is 0.287 e. The third-order valence-corrected chi connectivity index (χ3v) is 5.75. The molecule has 1 saturated carbocycles. The zero-order valence-electron chi connectivity index (χ0n) is 16.6. The first-order valence-corrected chi connectivity index (χ1v) is 9.99. The SMILES string of the molecule is Cc1nnc2cc(-c3nc(C#N)ccc3-c3cnn(CC4(F)CCCC4)c3)ccn12. The van der Waals surface area contributed by atoms with Crippen LogP contribution in [0, 0.1) is 18.3 Å². The van der Waals surface area contributed by atoms with Crippen molar-refractivity contribution >= 4 is 5.65 Å². The summed E-state index contributed by atoms with van der Waals surface area (Å²) in [5.41, 5.74) is 3.01. The van der Waals surface area contributed by atoms with Gasteiger partial charge in [-0.15, -0.1) is 10.2 Å². The zero-order chi connectivity index (χ0) is 20.7. The van der Waals surface area contributed by atoms with Crippen LogP contribution in [0.5, 0.6) is 0 Å². The van der Waals surface area contributed by atoms with Crippen molar-refractivity contribution in [1.82, 2.24) is 29.4 Å². The number of aromatic nitrogens is 6. The Balaban J connectivity index is 1.56. The minimum absolute atomic E-state index is 0.261. The molecule has 1 aliphatic rings. The first kappa shape index (κ1) is 18.4. The number of pyridine rings is 2. The Hall–Kier alpha value is -3.60. The van der Waals surface area contributed by atoms with Gasteiger partial charge in [0.15, 0.2) is 5.65 Å². The van der Waals surface area contributed by atoms with Gasteiger partial charge in [-0.1, -0.05) is 12.8 Å². The van der Waals surface area contributed by atoms with E-state index in [0.29, 0.717) is 29.9 Å². The van der Waals surface area contributed by atoms with Crippen molar-refractivity contribution in [2.24, 2.45) is 0 Å². The summed E-state index contributed by atoms with van der Waals surface area (Å²) in [5.74, 6) is 0.795. The number of halogens is 1. The van der Waals surface area contributed by atoms with E-state index in [1.165, 1.54) is 0 Å². The molecule has 4 aromatic heterocycles. The molecule has 1 aliphatic carbocycles. The number of nitrogens with zero attached hydrogens (tertiary/aromatic N) is 7. The van der Waals surface area contributed by atoms with Gasteiger partial charge in [-0.3, -0.25) is 9.08 Å². The van der Waals surface area contributed by atoms with Crippen LogP contribution in [0.2, 0.25) is 0 Å². The molecule has 0 bridgehead atoms. The molecular weight excluding hydrogens is 381 g/mol. The fourth-order valence-electron chi connectivity index (χ4n) is 4.18. The van der Waals surface area contributed by atoms with E-state index in [0.717, 1.165) is 35.4 Å². The van der Waals surface area contributed by atoms with Crippen LogP contribution in [0.15, 0.2) is 42.9 Å². The maximum Gasteiger partial charge on any atom is 0.161 e. The molecule has 0 aliphatic heterocycles. The van der Waals surface area contributed by atoms with Crippen LogP contribution in [0.25, 0.3) is 28.0 Å². The summed E-state index contributed by atoms with van der Waals surface area (Å²) in [4.78, 5) is 4.55. The average Bonchev–Trinajstić information content (AvgIpc) is 3.48. The highest BCUT2D eigenvalue weighted by molar-refractivity contribution is 5.81. The molecule has 0 aromatic carbocycles. The number of hydrogen-bond acceptors (Lipinski definition) is 5. The third kappa shape index (κ3) is 3.22. The van der Waals surface area contributed by atoms with Crippen LogP contribution in [0.1, 0.15) is 37.2 Å². The Kier molecular flexibility index (Phi) is 4.31. The van der Waals surface area contributed by atoms with Gasteiger partial charge in [0.25, 0.3) is 0 Å². The summed E-state index contributed by atoms with van der Waals surface area (Å²) >= 11 is 0. The lowest BCUT2D eigenvalue weighted by molar-refractivity contribution is 0.139. The van der Waals surface area contributed by atoms with Gasteiger partial charge >= 0.3 is 0 Å². The molecule has 1 fully saturated rings. The summed E-state index contributed by atoms with van der Waals surface area (Å²) in [6.45, 7) is 2.15. The van der Waals surface area contributed by atoms with Crippen molar-refractivity contribution in [2.45, 2.75) is 44.8 Å². The summed E-state index contributed by atoms with van der Waals surface area (Å²) in [7, 11) is 0. The number of nitriles is 1. The lowest BCUT2D eigenvalue weighted by atomic mass is 10.0. The molecule has 30 heavy (non-hydrogen) atoms. The Labute approximate surface area is 172 Å². The van der Waals surface area contributed by atoms with Crippen LogP contribution >= 0.6 is 0 Å². The summed E-state index contributed by atoms with van der Waals surface area (Å²) < 4.78 is 18.4. The van der Waals surface area contributed by atoms with Gasteiger partial charge in [-0.2, -0.15) is 10.4 Å². The fourth-order valence-corrected chi connectivity index (χ4v) is 4.18. The minimum Gasteiger partial charge on any atom is -0.287 e. The van der Waals surface area contributed by atoms with E-state index in [1.807, 2.05) is 41.9 Å². The first-order valence-electron chi connectivity index (χ1n) is 9.99. The van der Waals surface area contributed by atoms with E-state index in [1.54, 1.807) is 16.9 Å². The monoisotopic (exact) mass is 401 g/mol. The number of rotatable bonds is 4. The summed E-state index contributed by atoms with van der Waals surface area (Å²) in [6.07, 6.45) is 8.50. The Morgan fingerprint density at radius 3 is 2.80 bits per heavy atom. The average molecular weight is 401 g/mol. The molecule has 0 spiro atoms. The Morgan fingerprint density at radius 2 is 2.00 bits per heavy atom. The highest BCUT2D eigenvalue weighted by Gasteiger charge is 2.34. The number of hydrogen-bond donors (Lipinski definition) is 0. The number of alkyl halides is 1. The van der Waals surface area contributed by atoms with Crippen molar-refractivity contribution < 1.29 is 4.39 Å². The van der Waals surface area contributed by atoms with Gasteiger partial charge in [-0.25, -0.2) is 9.37 Å². The molecular formula is C22H20FN7. The molecule has 7 nitrogen and oxygen atoms in total. The van der Waals surface area contributed by atoms with Crippen molar-refractivity contribution in [1.29, 1.82) is 5.26 Å². The lowest BCUT2D eigenvalue weighted by Crippen LogP contribution is -2.25. The van der Waals surface area contributed by atoms with Crippen molar-refractivity contribution in [3.8, 4) is 28.5 Å². The fraction of sp³-hybridized carbons (Fsp3) is 0.318.